The molecule has 2 saturated heterocycles. The number of carbonyl (C=O) groups is 2. The smallest absolute Gasteiger partial charge is 0.488 e. The van der Waals surface area contributed by atoms with Gasteiger partial charge >= 0.3 is 14.0 Å². The maximum absolute atomic E-state index is 13.0. The van der Waals surface area contributed by atoms with E-state index >= 15 is 0 Å². The monoisotopic (exact) mass is 1340 g/mol. The van der Waals surface area contributed by atoms with Crippen molar-refractivity contribution in [3.05, 3.63) is 130 Å². The van der Waals surface area contributed by atoms with Gasteiger partial charge < -0.3 is 47.6 Å². The number of aromatic nitrogens is 12. The first-order valence-electron chi connectivity index (χ1n) is 30.7. The van der Waals surface area contributed by atoms with Crippen LogP contribution in [0.1, 0.15) is 192 Å². The molecular formula is C64H82B2BrClN14O10. The van der Waals surface area contributed by atoms with Crippen LogP contribution in [0.25, 0.3) is 11.3 Å². The number of carbonyl (C=O) groups excluding carboxylic acids is 2. The molecule has 0 amide bonds. The van der Waals surface area contributed by atoms with Crippen LogP contribution in [0.3, 0.4) is 0 Å². The van der Waals surface area contributed by atoms with Gasteiger partial charge in [-0.15, -0.1) is 20.4 Å². The Morgan fingerprint density at radius 1 is 0.609 bits per heavy atom. The molecule has 10 heterocycles. The van der Waals surface area contributed by atoms with E-state index < -0.39 is 14.0 Å². The summed E-state index contributed by atoms with van der Waals surface area (Å²) in [5.74, 6) is 3.52. The number of aryl methyl sites for hydroxylation is 2. The van der Waals surface area contributed by atoms with Gasteiger partial charge in [0.15, 0.2) is 0 Å². The van der Waals surface area contributed by atoms with Gasteiger partial charge in [0.2, 0.25) is 35.2 Å². The zero-order chi connectivity index (χ0) is 66.6. The molecule has 2 N–H and O–H groups in total. The SMILES string of the molecule is CC(C)(C)c1nnc(C(=O)CC2CCCOc3cc(Br)ccc32)o1.CC1(C)OB(B2OC(C)(C)C(C)(C)O2)OC1(C)C.Cn1cc(Nc2nccc(-c3ccc4c(c3)OCCCC4CC(=O)c3nnc(C(C)(C)C)o3)n2)cn1.Cn1cc(Nc2nccc(Cl)n2)cn1. The Morgan fingerprint density at radius 2 is 1.04 bits per heavy atom. The van der Waals surface area contributed by atoms with E-state index in [1.807, 2.05) is 166 Å². The van der Waals surface area contributed by atoms with Gasteiger partial charge in [-0.1, -0.05) is 87.3 Å². The standard InChI is InChI=1S/C26H29N7O3.C18H21BrN2O3.C12H24B2O4.C8H8ClN5/c1-26(2,3)24-32-31-23(36-24)21(34)12-16-6-5-11-35-22-13-17(7-8-19(16)22)20-9-10-27-25(30-20)29-18-14-28-33(4)15-18;1-18(2,3)17-21-20-16(24-17)14(22)9-11-5-4-8-23-15-10-12(19)6-7-13(11)15;1-9(2)10(3,4)16-13(15-9)14-17-11(5,6)12(7,8)18-14;1-14-5-6(4-11-14)12-8-10-3-2-7(9)13-8/h7-10,13-16H,5-6,11-12H2,1-4H3,(H,27,29,30);6-7,10-11H,4-5,8-9H2,1-3H3;1-8H3;2-5H,1H3,(H,10,12,13). The third-order valence-corrected chi connectivity index (χ3v) is 17.2. The van der Waals surface area contributed by atoms with E-state index in [9.17, 15) is 9.59 Å². The van der Waals surface area contributed by atoms with Crippen LogP contribution in [0.4, 0.5) is 23.3 Å². The molecule has 6 aromatic heterocycles. The van der Waals surface area contributed by atoms with Crippen LogP contribution < -0.4 is 20.1 Å². The van der Waals surface area contributed by atoms with E-state index in [2.05, 4.69) is 77.1 Å². The molecular weight excluding hydrogens is 1260 g/mol. The summed E-state index contributed by atoms with van der Waals surface area (Å²) in [6.45, 7) is 29.3. The fourth-order valence-corrected chi connectivity index (χ4v) is 10.5. The first kappa shape index (κ1) is 68.9. The molecule has 2 unspecified atom stereocenters. The average Bonchev–Trinajstić information content (AvgIpc) is 1.59. The highest BCUT2D eigenvalue weighted by Crippen LogP contribution is 2.44. The molecule has 2 aromatic carbocycles. The summed E-state index contributed by atoms with van der Waals surface area (Å²) >= 11 is 9.17. The van der Waals surface area contributed by atoms with Gasteiger partial charge in [-0.25, -0.2) is 19.9 Å². The number of nitrogens with one attached hydrogen (secondary N) is 2. The fraction of sp³-hybridized carbons (Fsp3) is 0.500. The Kier molecular flexibility index (Phi) is 21.0. The van der Waals surface area contributed by atoms with Gasteiger partial charge in [-0.2, -0.15) is 10.2 Å². The topological polar surface area (TPSA) is 279 Å². The van der Waals surface area contributed by atoms with Crippen molar-refractivity contribution >= 4 is 76.4 Å². The molecule has 0 radical (unpaired) electrons. The zero-order valence-corrected chi connectivity index (χ0v) is 57.6. The number of ketones is 2. The maximum Gasteiger partial charge on any atom is 0.488 e. The molecule has 0 saturated carbocycles. The number of halogens is 2. The number of fused-ring (bicyclic) bond motifs is 2. The molecule has 0 spiro atoms. The summed E-state index contributed by atoms with van der Waals surface area (Å²) in [5, 5.41) is 30.7. The van der Waals surface area contributed by atoms with Crippen LogP contribution in [0.15, 0.2) is 99.0 Å². The Morgan fingerprint density at radius 3 is 1.47 bits per heavy atom. The van der Waals surface area contributed by atoms with Crippen molar-refractivity contribution in [2.75, 3.05) is 23.8 Å². The van der Waals surface area contributed by atoms with Crippen molar-refractivity contribution in [2.24, 2.45) is 14.1 Å². The minimum Gasteiger partial charge on any atom is -0.493 e. The van der Waals surface area contributed by atoms with Gasteiger partial charge in [0.25, 0.3) is 11.8 Å². The Balaban J connectivity index is 0.000000155. The predicted octanol–water partition coefficient (Wildman–Crippen LogP) is 13.3. The Hall–Kier alpha value is -7.42. The number of rotatable bonds is 12. The maximum atomic E-state index is 13.0. The summed E-state index contributed by atoms with van der Waals surface area (Å²) in [6, 6.07) is 15.5. The summed E-state index contributed by atoms with van der Waals surface area (Å²) in [4.78, 5) is 42.5. The first-order chi connectivity index (χ1) is 43.2. The van der Waals surface area contributed by atoms with E-state index in [1.165, 1.54) is 0 Å². The summed E-state index contributed by atoms with van der Waals surface area (Å²) in [6.07, 6.45) is 14.5. The number of ether oxygens (including phenoxy) is 2. The van der Waals surface area contributed by atoms with E-state index in [0.717, 1.165) is 75.4 Å². The molecule has 488 valence electrons. The fourth-order valence-electron chi connectivity index (χ4n) is 9.99. The zero-order valence-electron chi connectivity index (χ0n) is 55.3. The van der Waals surface area contributed by atoms with Crippen LogP contribution in [-0.4, -0.2) is 121 Å². The van der Waals surface area contributed by atoms with E-state index in [0.29, 0.717) is 48.5 Å². The molecule has 24 nitrogen and oxygen atoms in total. The molecule has 2 atom stereocenters. The van der Waals surface area contributed by atoms with Crippen molar-refractivity contribution in [2.45, 2.75) is 181 Å². The van der Waals surface area contributed by atoms with Crippen molar-refractivity contribution in [1.29, 1.82) is 0 Å². The van der Waals surface area contributed by atoms with Gasteiger partial charge in [0, 0.05) is 72.6 Å². The van der Waals surface area contributed by atoms with Crippen LogP contribution >= 0.6 is 27.5 Å². The normalized spacial score (nSPS) is 18.5. The van der Waals surface area contributed by atoms with Gasteiger partial charge in [0.1, 0.15) is 16.7 Å². The van der Waals surface area contributed by atoms with Crippen molar-refractivity contribution in [1.82, 2.24) is 59.9 Å². The van der Waals surface area contributed by atoms with Crippen LogP contribution in [0, 0.1) is 0 Å². The predicted molar refractivity (Wildman–Crippen MR) is 353 cm³/mol. The van der Waals surface area contributed by atoms with Crippen molar-refractivity contribution < 1.29 is 46.5 Å². The molecule has 8 aromatic rings. The highest BCUT2D eigenvalue weighted by molar-refractivity contribution is 9.10. The second kappa shape index (κ2) is 28.0. The molecule has 28 heteroatoms. The quantitative estimate of drug-likeness (QED) is 0.0653. The molecule has 4 aliphatic rings. The van der Waals surface area contributed by atoms with Crippen molar-refractivity contribution in [3.63, 3.8) is 0 Å². The number of hydrogen-bond donors (Lipinski definition) is 2. The van der Waals surface area contributed by atoms with E-state index in [1.54, 1.807) is 40.2 Å². The van der Waals surface area contributed by atoms with Gasteiger partial charge in [-0.3, -0.25) is 19.0 Å². The number of anilines is 4. The highest BCUT2D eigenvalue weighted by Gasteiger charge is 2.63. The van der Waals surface area contributed by atoms with Crippen molar-refractivity contribution in [3.8, 4) is 22.8 Å². The van der Waals surface area contributed by atoms with Gasteiger partial charge in [-0.05, 0) is 134 Å². The third kappa shape index (κ3) is 17.2. The van der Waals surface area contributed by atoms with Crippen LogP contribution in [0.5, 0.6) is 11.5 Å². The Labute approximate surface area is 551 Å². The molecule has 4 aliphatic heterocycles. The molecule has 0 aliphatic carbocycles. The number of nitrogens with zero attached hydrogens (tertiary/aromatic N) is 12. The van der Waals surface area contributed by atoms with E-state index in [-0.39, 0.29) is 74.8 Å². The van der Waals surface area contributed by atoms with Gasteiger partial charge in [0.05, 0.1) is 65.1 Å². The number of benzene rings is 2. The largest absolute Gasteiger partial charge is 0.493 e. The summed E-state index contributed by atoms with van der Waals surface area (Å²) in [5.41, 5.74) is 3.37. The lowest BCUT2D eigenvalue weighted by Gasteiger charge is -2.32. The molecule has 0 bridgehead atoms. The number of Topliss-reactive ketones (excluding diaryl/α,β-unsaturated/α-hetero) is 2. The minimum absolute atomic E-state index is 0.00208. The lowest BCUT2D eigenvalue weighted by molar-refractivity contribution is 0.00578. The lowest BCUT2D eigenvalue weighted by Crippen LogP contribution is -2.41. The minimum atomic E-state index is -0.476. The molecule has 92 heavy (non-hydrogen) atoms. The molecule has 12 rings (SSSR count). The number of hydrogen-bond acceptors (Lipinski definition) is 22. The molecule has 2 fully saturated rings. The summed E-state index contributed by atoms with van der Waals surface area (Å²) < 4.78 is 51.3. The second-order valence-electron chi connectivity index (χ2n) is 27.2. The third-order valence-electron chi connectivity index (χ3n) is 16.5. The first-order valence-corrected chi connectivity index (χ1v) is 31.9. The van der Waals surface area contributed by atoms with Crippen LogP contribution in [-0.2, 0) is 43.5 Å². The van der Waals surface area contributed by atoms with Crippen LogP contribution in [0.2, 0.25) is 5.15 Å². The highest BCUT2D eigenvalue weighted by atomic mass is 79.9. The lowest BCUT2D eigenvalue weighted by atomic mass is 9.49. The summed E-state index contributed by atoms with van der Waals surface area (Å²) in [7, 11) is 2.74. The second-order valence-corrected chi connectivity index (χ2v) is 28.5. The average molecular weight is 1340 g/mol. The Bertz CT molecular complexity index is 3790. The van der Waals surface area contributed by atoms with E-state index in [4.69, 9.17) is 48.5 Å².